The zero-order valence-electron chi connectivity index (χ0n) is 16.5. The van der Waals surface area contributed by atoms with Crippen LogP contribution in [0.3, 0.4) is 0 Å². The van der Waals surface area contributed by atoms with E-state index in [1.54, 1.807) is 6.92 Å². The molecule has 3 heterocycles. The van der Waals surface area contributed by atoms with E-state index in [0.717, 1.165) is 16.2 Å². The number of oxime groups is 1. The number of carbonyl (C=O) groups excluding carboxylic acids is 3. The normalized spacial score (nSPS) is 20.6. The molecule has 0 saturated carbocycles. The molecule has 0 aliphatic carbocycles. The van der Waals surface area contributed by atoms with Gasteiger partial charge in [-0.25, -0.2) is 9.78 Å². The predicted molar refractivity (Wildman–Crippen MR) is 111 cm³/mol. The van der Waals surface area contributed by atoms with Gasteiger partial charge in [0.05, 0.1) is 0 Å². The van der Waals surface area contributed by atoms with Crippen LogP contribution in [0.5, 0.6) is 0 Å². The van der Waals surface area contributed by atoms with E-state index in [2.05, 4.69) is 15.5 Å². The smallest absolute Gasteiger partial charge is 0.352 e. The minimum atomic E-state index is -1.32. The number of anilines is 1. The van der Waals surface area contributed by atoms with Crippen LogP contribution in [0.25, 0.3) is 0 Å². The van der Waals surface area contributed by atoms with Gasteiger partial charge in [-0.05, 0) is 6.92 Å². The van der Waals surface area contributed by atoms with Crippen molar-refractivity contribution < 1.29 is 33.9 Å². The van der Waals surface area contributed by atoms with Gasteiger partial charge in [0.2, 0.25) is 0 Å². The second-order valence-electron chi connectivity index (χ2n) is 6.33. The molecule has 2 atom stereocenters. The van der Waals surface area contributed by atoms with E-state index in [9.17, 15) is 24.3 Å². The highest BCUT2D eigenvalue weighted by Crippen LogP contribution is 2.40. The number of nitrogens with two attached hydrogens (primary N) is 1. The molecule has 14 heteroatoms. The third kappa shape index (κ3) is 4.64. The minimum absolute atomic E-state index is 0.147. The number of fused-ring (bicyclic) bond motifs is 1. The van der Waals surface area contributed by atoms with E-state index in [-0.39, 0.29) is 41.2 Å². The number of aromatic nitrogens is 1. The molecule has 1 aromatic heterocycles. The summed E-state index contributed by atoms with van der Waals surface area (Å²) < 4.78 is 4.89. The molecule has 1 fully saturated rings. The number of β-lactam (4-membered cyclic amide) rings is 1. The van der Waals surface area contributed by atoms with Crippen LogP contribution in [-0.2, 0) is 28.8 Å². The number of ether oxygens (including phenoxy) is 1. The first-order valence-electron chi connectivity index (χ1n) is 9.00. The van der Waals surface area contributed by atoms with Gasteiger partial charge in [0.25, 0.3) is 11.8 Å². The molecule has 1 aromatic rings. The van der Waals surface area contributed by atoms with Gasteiger partial charge < -0.3 is 25.7 Å². The Kier molecular flexibility index (Phi) is 6.80. The number of nitrogen functional groups attached to an aromatic ring is 1. The summed E-state index contributed by atoms with van der Waals surface area (Å²) in [4.78, 5) is 58.3. The predicted octanol–water partition coefficient (Wildman–Crippen LogP) is -0.232. The van der Waals surface area contributed by atoms with Crippen LogP contribution in [0, 0.1) is 0 Å². The highest BCUT2D eigenvalue weighted by atomic mass is 32.2. The van der Waals surface area contributed by atoms with Crippen molar-refractivity contribution >= 4 is 57.7 Å². The Bertz CT molecular complexity index is 989. The van der Waals surface area contributed by atoms with Crippen LogP contribution in [0.15, 0.2) is 21.8 Å². The Morgan fingerprint density at radius 3 is 2.77 bits per heavy atom. The molecular weight excluding hydrogens is 450 g/mol. The molecule has 0 aromatic carbocycles. The molecule has 2 unspecified atom stereocenters. The average Bonchev–Trinajstić information content (AvgIpc) is 3.15. The summed E-state index contributed by atoms with van der Waals surface area (Å²) in [6.07, 6.45) is 0. The van der Waals surface area contributed by atoms with Crippen molar-refractivity contribution in [3.05, 3.63) is 22.3 Å². The zero-order valence-corrected chi connectivity index (χ0v) is 18.1. The fraction of sp³-hybridized carbons (Fsp3) is 0.412. The summed E-state index contributed by atoms with van der Waals surface area (Å²) in [7, 11) is 0. The molecule has 1 saturated heterocycles. The molecule has 12 nitrogen and oxygen atoms in total. The minimum Gasteiger partial charge on any atom is -0.477 e. The van der Waals surface area contributed by atoms with Gasteiger partial charge in [-0.3, -0.25) is 19.3 Å². The summed E-state index contributed by atoms with van der Waals surface area (Å²) in [6, 6.07) is -0.968. The molecule has 4 N–H and O–H groups in total. The molecule has 2 aliphatic heterocycles. The molecule has 0 radical (unpaired) electrons. The lowest BCUT2D eigenvalue weighted by atomic mass is 10.0. The summed E-state index contributed by atoms with van der Waals surface area (Å²) in [5.74, 6) is -2.96. The maximum Gasteiger partial charge on any atom is 0.352 e. The molecule has 2 aliphatic rings. The maximum absolute atomic E-state index is 12.8. The van der Waals surface area contributed by atoms with Crippen molar-refractivity contribution in [1.29, 1.82) is 0 Å². The third-order valence-electron chi connectivity index (χ3n) is 4.25. The van der Waals surface area contributed by atoms with Gasteiger partial charge >= 0.3 is 11.9 Å². The van der Waals surface area contributed by atoms with Crippen molar-refractivity contribution in [3.8, 4) is 0 Å². The third-order valence-corrected chi connectivity index (χ3v) is 6.26. The highest BCUT2D eigenvalue weighted by Gasteiger charge is 2.54. The molecule has 0 bridgehead atoms. The quantitative estimate of drug-likeness (QED) is 0.200. The number of nitrogens with zero attached hydrogens (tertiary/aromatic N) is 3. The number of rotatable bonds is 8. The molecule has 2 amide bonds. The van der Waals surface area contributed by atoms with E-state index in [1.807, 2.05) is 0 Å². The Balaban J connectivity index is 1.78. The van der Waals surface area contributed by atoms with Gasteiger partial charge in [-0.2, -0.15) is 0 Å². The number of nitrogens with one attached hydrogen (secondary N) is 1. The number of hydrogen-bond acceptors (Lipinski definition) is 11. The van der Waals surface area contributed by atoms with E-state index >= 15 is 0 Å². The summed E-state index contributed by atoms with van der Waals surface area (Å²) in [5, 5.41) is 17.1. The number of carbonyl (C=O) groups is 4. The number of thioether (sulfide) groups is 1. The van der Waals surface area contributed by atoms with Crippen molar-refractivity contribution in [2.45, 2.75) is 25.3 Å². The zero-order chi connectivity index (χ0) is 22.7. The van der Waals surface area contributed by atoms with E-state index in [1.165, 1.54) is 24.1 Å². The van der Waals surface area contributed by atoms with Crippen molar-refractivity contribution in [1.82, 2.24) is 15.2 Å². The Hall–Kier alpha value is -3.13. The van der Waals surface area contributed by atoms with Gasteiger partial charge in [-0.15, -0.1) is 23.1 Å². The lowest BCUT2D eigenvalue weighted by Crippen LogP contribution is -2.71. The van der Waals surface area contributed by atoms with Gasteiger partial charge in [0.15, 0.2) is 10.8 Å². The van der Waals surface area contributed by atoms with Crippen LogP contribution >= 0.6 is 23.1 Å². The van der Waals surface area contributed by atoms with Gasteiger partial charge in [-0.1, -0.05) is 5.16 Å². The topological polar surface area (TPSA) is 174 Å². The second kappa shape index (κ2) is 9.34. The average molecular weight is 470 g/mol. The first-order valence-corrected chi connectivity index (χ1v) is 10.9. The number of aliphatic carboxylic acids is 1. The molecular formula is C17H19N5O7S2. The Morgan fingerprint density at radius 1 is 1.45 bits per heavy atom. The number of thiazole rings is 1. The SMILES string of the molecule is CCO/N=C(/C(=O)NC1C(=O)N2C(C(=O)O)=C(COC(C)=O)CSC12)c1csc(N)n1. The fourth-order valence-electron chi connectivity index (χ4n) is 2.92. The Morgan fingerprint density at radius 2 is 2.19 bits per heavy atom. The number of hydrogen-bond donors (Lipinski definition) is 3. The van der Waals surface area contributed by atoms with Crippen LogP contribution in [0.4, 0.5) is 5.13 Å². The van der Waals surface area contributed by atoms with E-state index in [4.69, 9.17) is 15.3 Å². The number of carboxylic acid groups (broad SMARTS) is 1. The molecule has 31 heavy (non-hydrogen) atoms. The lowest BCUT2D eigenvalue weighted by molar-refractivity contribution is -0.150. The molecule has 3 rings (SSSR count). The number of amides is 2. The van der Waals surface area contributed by atoms with E-state index < -0.39 is 35.2 Å². The second-order valence-corrected chi connectivity index (χ2v) is 8.32. The van der Waals surface area contributed by atoms with Gasteiger partial charge in [0.1, 0.15) is 36.0 Å². The summed E-state index contributed by atoms with van der Waals surface area (Å²) in [5.41, 5.74) is 5.73. The molecule has 0 spiro atoms. The fourth-order valence-corrected chi connectivity index (χ4v) is 4.80. The lowest BCUT2D eigenvalue weighted by Gasteiger charge is -2.49. The van der Waals surface area contributed by atoms with Crippen molar-refractivity contribution in [2.75, 3.05) is 24.7 Å². The number of esters is 1. The standard InChI is InChI=1S/C17H19N5O7S2/c1-3-29-21-10(9-6-31-17(18)19-9)13(24)20-11-14(25)22-12(16(26)27)8(4-28-7(2)23)5-30-15(11)22/h6,11,15H,3-5H2,1-2H3,(H2,18,19)(H,20,24)(H,26,27)/b21-10+. The largest absolute Gasteiger partial charge is 0.477 e. The van der Waals surface area contributed by atoms with Crippen LogP contribution in [0.2, 0.25) is 0 Å². The maximum atomic E-state index is 12.8. The highest BCUT2D eigenvalue weighted by molar-refractivity contribution is 8.00. The van der Waals surface area contributed by atoms with Crippen molar-refractivity contribution in [3.63, 3.8) is 0 Å². The van der Waals surface area contributed by atoms with E-state index in [0.29, 0.717) is 5.57 Å². The monoisotopic (exact) mass is 469 g/mol. The summed E-state index contributed by atoms with van der Waals surface area (Å²) >= 11 is 2.37. The Labute approximate surface area is 184 Å². The first-order chi connectivity index (χ1) is 14.7. The summed E-state index contributed by atoms with van der Waals surface area (Å²) in [6.45, 7) is 2.88. The first kappa shape index (κ1) is 22.6. The van der Waals surface area contributed by atoms with Gasteiger partial charge in [0, 0.05) is 23.6 Å². The number of carboxylic acids is 1. The van der Waals surface area contributed by atoms with Crippen LogP contribution < -0.4 is 11.1 Å². The van der Waals surface area contributed by atoms with Crippen molar-refractivity contribution in [2.24, 2.45) is 5.16 Å². The van der Waals surface area contributed by atoms with Crippen LogP contribution in [0.1, 0.15) is 19.5 Å². The molecule has 166 valence electrons. The van der Waals surface area contributed by atoms with Crippen LogP contribution in [-0.4, -0.2) is 74.8 Å².